The standard InChI is InChI=1S/8CN.2Zr/c8*1-2;;/q;;;;;;;;-4;+4. The van der Waals surface area contributed by atoms with E-state index in [0.29, 0.717) is 30.2 Å². The first-order chi connectivity index (χ1) is 7.66. The molecule has 0 rings (SSSR count). The Morgan fingerprint density at radius 1 is 0.389 bits per heavy atom. The van der Waals surface area contributed by atoms with Gasteiger partial charge in [-0.2, -0.15) is 0 Å². The third-order valence-corrected chi connectivity index (χ3v) is 18.5. The minimum Gasteiger partial charge on any atom is 4.00 e. The molecular weight excluding hydrogens is 391 g/mol. The molecule has 0 radical (unpaired) electrons. The second kappa shape index (κ2) is 2.42. The second-order valence-corrected chi connectivity index (χ2v) is 26.0. The molecule has 0 heterocycles. The average molecular weight is 391 g/mol. The largest absolute Gasteiger partial charge is 4.00 e. The van der Waals surface area contributed by atoms with Gasteiger partial charge in [-0.25, -0.2) is 0 Å². The van der Waals surface area contributed by atoms with Crippen LogP contribution in [0.15, 0.2) is 0 Å². The molecule has 0 unspecified atom stereocenters. The van der Waals surface area contributed by atoms with Gasteiger partial charge < -0.3 is 0 Å². The van der Waals surface area contributed by atoms with Gasteiger partial charge >= 0.3 is 113 Å². The zero-order chi connectivity index (χ0) is 14.0. The number of nitrogens with zero attached hydrogens (tertiary/aromatic N) is 8. The Hall–Kier alpha value is -2.31. The predicted molar refractivity (Wildman–Crippen MR) is 44.9 cm³/mol. The van der Waals surface area contributed by atoms with E-state index in [9.17, 15) is 0 Å². The van der Waals surface area contributed by atoms with Gasteiger partial charge in [0.15, 0.2) is 0 Å². The molecule has 0 fully saturated rings. The molecule has 0 amide bonds. The zero-order valence-electron chi connectivity index (χ0n) is 8.58. The van der Waals surface area contributed by atoms with Crippen LogP contribution in [0.4, 0.5) is 0 Å². The van der Waals surface area contributed by atoms with Crippen molar-refractivity contribution in [1.29, 1.82) is 42.1 Å². The monoisotopic (exact) mass is 388 g/mol. The minimum atomic E-state index is -9.54. The maximum Gasteiger partial charge on any atom is 4.00 e. The molecule has 18 heavy (non-hydrogen) atoms. The maximum atomic E-state index is 9.05. The molecule has 10 heteroatoms. The van der Waals surface area contributed by atoms with E-state index >= 15 is 0 Å². The Morgan fingerprint density at radius 3 is 0.500 bits per heavy atom. The van der Waals surface area contributed by atoms with Crippen LogP contribution < -0.4 is 0 Å². The van der Waals surface area contributed by atoms with E-state index in [-0.39, 0.29) is 26.2 Å². The van der Waals surface area contributed by atoms with Gasteiger partial charge in [0, 0.05) is 0 Å². The van der Waals surface area contributed by atoms with E-state index in [1.165, 1.54) is 0 Å². The Morgan fingerprint density at radius 2 is 0.500 bits per heavy atom. The molecule has 0 spiro atoms. The van der Waals surface area contributed by atoms with Gasteiger partial charge in [0.2, 0.25) is 0 Å². The topological polar surface area (TPSA) is 190 Å². The summed E-state index contributed by atoms with van der Waals surface area (Å²) in [6.07, 6.45) is 0. The molecule has 0 N–H and O–H groups in total. The van der Waals surface area contributed by atoms with Crippen molar-refractivity contribution in [2.75, 3.05) is 0 Å². The summed E-state index contributed by atoms with van der Waals surface area (Å²) in [4.78, 5) is 0. The van der Waals surface area contributed by atoms with Crippen molar-refractivity contribution in [1.82, 2.24) is 0 Å². The van der Waals surface area contributed by atoms with Crippen molar-refractivity contribution < 1.29 is 40.5 Å². The molecule has 0 aliphatic carbocycles. The van der Waals surface area contributed by atoms with Crippen LogP contribution in [0.25, 0.3) is 0 Å². The fraction of sp³-hybridized carbons (Fsp3) is 0. The summed E-state index contributed by atoms with van der Waals surface area (Å²) in [6.45, 7) is 0. The van der Waals surface area contributed by atoms with Gasteiger partial charge in [-0.3, -0.25) is 0 Å². The fourth-order valence-electron chi connectivity index (χ4n) is 0.700. The molecule has 80 valence electrons. The molecule has 0 aliphatic heterocycles. The molecular formula is C8N8Zr2. The summed E-state index contributed by atoms with van der Waals surface area (Å²) in [6, 6.07) is 0. The minimum absolute atomic E-state index is 0. The fourth-order valence-corrected chi connectivity index (χ4v) is 4.14. The quantitative estimate of drug-likeness (QED) is 0.557. The zero-order valence-corrected chi connectivity index (χ0v) is 13.5. The molecule has 0 aromatic heterocycles. The molecule has 0 aliphatic rings. The van der Waals surface area contributed by atoms with E-state index in [2.05, 4.69) is 0 Å². The normalized spacial score (nSPS) is 16.4. The van der Waals surface area contributed by atoms with Crippen LogP contribution in [-0.2, 0) is 40.5 Å². The molecule has 0 aromatic rings. The van der Waals surface area contributed by atoms with Gasteiger partial charge in [0.25, 0.3) is 0 Å². The SMILES string of the molecule is N#[C][Zr-4]([C]#N)([C]#N)([C]#N)([C]#N)([C]#N)([C]#N)[C]#N.[Zr+4]. The predicted octanol–water partition coefficient (Wildman–Crippen LogP) is 0.129. The second-order valence-electron chi connectivity index (χ2n) is 4.39. The number of hydrogen-bond donors (Lipinski definition) is 0. The smallest absolute Gasteiger partial charge is 4.00 e. The number of nitriles is 8. The van der Waals surface area contributed by atoms with Gasteiger partial charge in [-0.1, -0.05) is 0 Å². The third kappa shape index (κ3) is 0.764. The van der Waals surface area contributed by atoms with Gasteiger partial charge in [0.1, 0.15) is 0 Å². The van der Waals surface area contributed by atoms with E-state index in [4.69, 9.17) is 42.1 Å². The van der Waals surface area contributed by atoms with Crippen molar-refractivity contribution in [3.05, 3.63) is 0 Å². The molecule has 0 saturated heterocycles. The van der Waals surface area contributed by atoms with Crippen molar-refractivity contribution in [3.63, 3.8) is 0 Å². The molecule has 0 saturated carbocycles. The summed E-state index contributed by atoms with van der Waals surface area (Å²) < 4.78 is 5.34. The van der Waals surface area contributed by atoms with E-state index < -0.39 is 14.3 Å². The third-order valence-electron chi connectivity index (χ3n) is 3.13. The molecule has 0 atom stereocenters. The van der Waals surface area contributed by atoms with E-state index in [1.54, 1.807) is 0 Å². The van der Waals surface area contributed by atoms with Crippen molar-refractivity contribution in [3.8, 4) is 30.2 Å². The maximum absolute atomic E-state index is 9.54. The van der Waals surface area contributed by atoms with Crippen LogP contribution >= 0.6 is 0 Å². The molecule has 0 bridgehead atoms. The summed E-state index contributed by atoms with van der Waals surface area (Å²) in [7, 11) is 0. The summed E-state index contributed by atoms with van der Waals surface area (Å²) in [5.74, 6) is 0. The first kappa shape index (κ1) is 18.1. The van der Waals surface area contributed by atoms with Crippen LogP contribution in [0.2, 0.25) is 0 Å². The van der Waals surface area contributed by atoms with Crippen LogP contribution in [0, 0.1) is 72.3 Å². The Labute approximate surface area is 112 Å². The Balaban J connectivity index is 0. The van der Waals surface area contributed by atoms with Crippen molar-refractivity contribution in [2.45, 2.75) is 0 Å². The van der Waals surface area contributed by atoms with E-state index in [0.717, 1.165) is 0 Å². The first-order valence-corrected chi connectivity index (χ1v) is 13.6. The Bertz CT molecular complexity index is 620. The van der Waals surface area contributed by atoms with Crippen molar-refractivity contribution >= 4 is 0 Å². The average Bonchev–Trinajstić information content (AvgIpc) is 2.48. The summed E-state index contributed by atoms with van der Waals surface area (Å²) >= 11 is -9.54. The summed E-state index contributed by atoms with van der Waals surface area (Å²) in [5, 5.41) is 72.4. The Kier molecular flexibility index (Phi) is 2.43. The first-order valence-electron chi connectivity index (χ1n) is 3.79. The van der Waals surface area contributed by atoms with Crippen LogP contribution in [0.5, 0.6) is 0 Å². The number of rotatable bonds is 0. The van der Waals surface area contributed by atoms with Gasteiger partial charge in [-0.15, -0.1) is 0 Å². The van der Waals surface area contributed by atoms with Gasteiger partial charge in [0.05, 0.1) is 0 Å². The number of hydrogen-bond acceptors (Lipinski definition) is 8. The van der Waals surface area contributed by atoms with Crippen molar-refractivity contribution in [2.24, 2.45) is 0 Å². The summed E-state index contributed by atoms with van der Waals surface area (Å²) in [5.41, 5.74) is 0. The molecule has 8 nitrogen and oxygen atoms in total. The van der Waals surface area contributed by atoms with Gasteiger partial charge in [-0.05, 0) is 0 Å². The van der Waals surface area contributed by atoms with Crippen LogP contribution in [0.1, 0.15) is 0 Å². The molecule has 0 aromatic carbocycles. The van der Waals surface area contributed by atoms with Crippen LogP contribution in [-0.4, -0.2) is 0 Å². The van der Waals surface area contributed by atoms with Crippen LogP contribution in [0.3, 0.4) is 0 Å². The van der Waals surface area contributed by atoms with E-state index in [1.807, 2.05) is 0 Å².